The van der Waals surface area contributed by atoms with Crippen LogP contribution in [0.5, 0.6) is 11.5 Å². The average molecular weight is 221 g/mol. The highest BCUT2D eigenvalue weighted by molar-refractivity contribution is 6.04. The first-order chi connectivity index (χ1) is 7.67. The number of carboxylic acid groups (broad SMARTS) is 1. The van der Waals surface area contributed by atoms with Crippen molar-refractivity contribution in [3.05, 3.63) is 23.9 Å². The van der Waals surface area contributed by atoms with Gasteiger partial charge in [0.15, 0.2) is 11.5 Å². The van der Waals surface area contributed by atoms with Gasteiger partial charge in [0.05, 0.1) is 25.3 Å². The Hall–Kier alpha value is -2.17. The predicted molar refractivity (Wildman–Crippen MR) is 58.4 cm³/mol. The van der Waals surface area contributed by atoms with Gasteiger partial charge in [-0.3, -0.25) is 0 Å². The van der Waals surface area contributed by atoms with Crippen molar-refractivity contribution in [2.45, 2.75) is 0 Å². The van der Waals surface area contributed by atoms with Crippen molar-refractivity contribution < 1.29 is 19.4 Å². The molecule has 2 N–H and O–H groups in total. The Morgan fingerprint density at radius 2 is 1.88 bits per heavy atom. The maximum absolute atomic E-state index is 10.9. The van der Waals surface area contributed by atoms with Gasteiger partial charge in [0.1, 0.15) is 0 Å². The fourth-order valence-corrected chi connectivity index (χ4v) is 1.63. The minimum absolute atomic E-state index is 0.218. The first-order valence-corrected chi connectivity index (χ1v) is 4.63. The zero-order valence-corrected chi connectivity index (χ0v) is 8.90. The van der Waals surface area contributed by atoms with E-state index >= 15 is 0 Å². The molecule has 0 bridgehead atoms. The summed E-state index contributed by atoms with van der Waals surface area (Å²) >= 11 is 0. The Kier molecular flexibility index (Phi) is 2.44. The third kappa shape index (κ3) is 1.46. The number of rotatable bonds is 3. The number of hydrogen-bond donors (Lipinski definition) is 2. The second-order valence-electron chi connectivity index (χ2n) is 3.26. The first kappa shape index (κ1) is 10.4. The van der Waals surface area contributed by atoms with Crippen LogP contribution in [0.1, 0.15) is 10.4 Å². The van der Waals surface area contributed by atoms with Crippen LogP contribution in [0.2, 0.25) is 0 Å². The van der Waals surface area contributed by atoms with Crippen molar-refractivity contribution in [2.24, 2.45) is 0 Å². The molecular formula is C11H11NO4. The number of ether oxygens (including phenoxy) is 2. The van der Waals surface area contributed by atoms with Crippen LogP contribution < -0.4 is 9.47 Å². The van der Waals surface area contributed by atoms with Crippen molar-refractivity contribution in [3.8, 4) is 11.5 Å². The third-order valence-corrected chi connectivity index (χ3v) is 2.42. The Balaban J connectivity index is 2.71. The number of aromatic nitrogens is 1. The van der Waals surface area contributed by atoms with Crippen LogP contribution in [0, 0.1) is 0 Å². The molecule has 5 nitrogen and oxygen atoms in total. The van der Waals surface area contributed by atoms with E-state index in [-0.39, 0.29) is 5.56 Å². The largest absolute Gasteiger partial charge is 0.493 e. The maximum Gasteiger partial charge on any atom is 0.337 e. The Morgan fingerprint density at radius 1 is 1.25 bits per heavy atom. The van der Waals surface area contributed by atoms with Crippen LogP contribution in [0.4, 0.5) is 0 Å². The standard InChI is InChI=1S/C11H11NO4/c1-15-9-3-6-7(11(13)14)5-12-8(6)4-10(9)16-2/h3-5,12H,1-2H3,(H,13,14). The van der Waals surface area contributed by atoms with Crippen molar-refractivity contribution >= 4 is 16.9 Å². The molecule has 1 aromatic heterocycles. The number of methoxy groups -OCH3 is 2. The highest BCUT2D eigenvalue weighted by Crippen LogP contribution is 2.33. The third-order valence-electron chi connectivity index (χ3n) is 2.42. The predicted octanol–water partition coefficient (Wildman–Crippen LogP) is 1.88. The Labute approximate surface area is 91.6 Å². The van der Waals surface area contributed by atoms with E-state index < -0.39 is 5.97 Å². The molecule has 1 heterocycles. The molecule has 2 aromatic rings. The number of aromatic amines is 1. The van der Waals surface area contributed by atoms with E-state index in [1.807, 2.05) is 0 Å². The van der Waals surface area contributed by atoms with Crippen LogP contribution in [-0.4, -0.2) is 30.3 Å². The normalized spacial score (nSPS) is 10.4. The van der Waals surface area contributed by atoms with E-state index in [0.29, 0.717) is 22.4 Å². The van der Waals surface area contributed by atoms with E-state index in [9.17, 15) is 4.79 Å². The molecule has 2 rings (SSSR count). The van der Waals surface area contributed by atoms with Crippen LogP contribution >= 0.6 is 0 Å². The summed E-state index contributed by atoms with van der Waals surface area (Å²) in [6.07, 6.45) is 1.45. The van der Waals surface area contributed by atoms with Gasteiger partial charge < -0.3 is 19.6 Å². The minimum Gasteiger partial charge on any atom is -0.493 e. The number of carbonyl (C=O) groups is 1. The van der Waals surface area contributed by atoms with Gasteiger partial charge in [0.2, 0.25) is 0 Å². The Morgan fingerprint density at radius 3 is 2.44 bits per heavy atom. The molecule has 1 aromatic carbocycles. The Bertz CT molecular complexity index is 544. The summed E-state index contributed by atoms with van der Waals surface area (Å²) in [4.78, 5) is 13.8. The molecule has 0 amide bonds. The number of H-pyrrole nitrogens is 1. The van der Waals surface area contributed by atoms with Gasteiger partial charge in [-0.1, -0.05) is 0 Å². The lowest BCUT2D eigenvalue weighted by molar-refractivity contribution is 0.0699. The van der Waals surface area contributed by atoms with E-state index in [1.165, 1.54) is 20.4 Å². The van der Waals surface area contributed by atoms with Gasteiger partial charge in [-0.15, -0.1) is 0 Å². The number of carboxylic acids is 1. The van der Waals surface area contributed by atoms with Gasteiger partial charge in [-0.05, 0) is 6.07 Å². The number of nitrogens with one attached hydrogen (secondary N) is 1. The first-order valence-electron chi connectivity index (χ1n) is 4.63. The van der Waals surface area contributed by atoms with Crippen molar-refractivity contribution in [2.75, 3.05) is 14.2 Å². The molecular weight excluding hydrogens is 210 g/mol. The van der Waals surface area contributed by atoms with Crippen LogP contribution in [0.15, 0.2) is 18.3 Å². The molecule has 0 unspecified atom stereocenters. The molecule has 5 heteroatoms. The average Bonchev–Trinajstić information content (AvgIpc) is 2.69. The zero-order valence-electron chi connectivity index (χ0n) is 8.90. The second-order valence-corrected chi connectivity index (χ2v) is 3.26. The molecule has 84 valence electrons. The van der Waals surface area contributed by atoms with Gasteiger partial charge in [0.25, 0.3) is 0 Å². The molecule has 0 spiro atoms. The van der Waals surface area contributed by atoms with Crippen molar-refractivity contribution in [1.82, 2.24) is 4.98 Å². The fourth-order valence-electron chi connectivity index (χ4n) is 1.63. The minimum atomic E-state index is -0.974. The maximum atomic E-state index is 10.9. The number of fused-ring (bicyclic) bond motifs is 1. The SMILES string of the molecule is COc1cc2[nH]cc(C(=O)O)c2cc1OC. The highest BCUT2D eigenvalue weighted by Gasteiger charge is 2.14. The molecule has 0 atom stereocenters. The van der Waals surface area contributed by atoms with Gasteiger partial charge >= 0.3 is 5.97 Å². The molecule has 0 aliphatic rings. The fraction of sp³-hybridized carbons (Fsp3) is 0.182. The molecule has 0 saturated heterocycles. The van der Waals surface area contributed by atoms with Gasteiger partial charge in [0, 0.05) is 17.6 Å². The van der Waals surface area contributed by atoms with Gasteiger partial charge in [-0.25, -0.2) is 4.79 Å². The lowest BCUT2D eigenvalue weighted by Gasteiger charge is -2.07. The molecule has 0 saturated carbocycles. The topological polar surface area (TPSA) is 71.6 Å². The van der Waals surface area contributed by atoms with Crippen LogP contribution in [-0.2, 0) is 0 Å². The monoisotopic (exact) mass is 221 g/mol. The van der Waals surface area contributed by atoms with E-state index in [4.69, 9.17) is 14.6 Å². The lowest BCUT2D eigenvalue weighted by atomic mass is 10.1. The molecule has 16 heavy (non-hydrogen) atoms. The molecule has 0 fully saturated rings. The highest BCUT2D eigenvalue weighted by atomic mass is 16.5. The van der Waals surface area contributed by atoms with Crippen molar-refractivity contribution in [3.63, 3.8) is 0 Å². The van der Waals surface area contributed by atoms with Crippen LogP contribution in [0.3, 0.4) is 0 Å². The molecule has 0 radical (unpaired) electrons. The van der Waals surface area contributed by atoms with E-state index in [0.717, 1.165) is 0 Å². The summed E-state index contributed by atoms with van der Waals surface area (Å²) in [5.74, 6) is 0.101. The van der Waals surface area contributed by atoms with Gasteiger partial charge in [-0.2, -0.15) is 0 Å². The summed E-state index contributed by atoms with van der Waals surface area (Å²) in [7, 11) is 3.04. The summed E-state index contributed by atoms with van der Waals surface area (Å²) in [6.45, 7) is 0. The van der Waals surface area contributed by atoms with Crippen molar-refractivity contribution in [1.29, 1.82) is 0 Å². The molecule has 0 aliphatic heterocycles. The number of hydrogen-bond acceptors (Lipinski definition) is 3. The van der Waals surface area contributed by atoms with Crippen LogP contribution in [0.25, 0.3) is 10.9 Å². The second kappa shape index (κ2) is 3.77. The quantitative estimate of drug-likeness (QED) is 0.830. The summed E-state index contributed by atoms with van der Waals surface area (Å²) in [5.41, 5.74) is 0.922. The van der Waals surface area contributed by atoms with E-state index in [2.05, 4.69) is 4.98 Å². The zero-order chi connectivity index (χ0) is 11.7. The number of aromatic carboxylic acids is 1. The lowest BCUT2D eigenvalue weighted by Crippen LogP contribution is -1.95. The summed E-state index contributed by atoms with van der Waals surface area (Å²) in [5, 5.41) is 9.57. The molecule has 0 aliphatic carbocycles. The van der Waals surface area contributed by atoms with E-state index in [1.54, 1.807) is 12.1 Å². The number of benzene rings is 1. The summed E-state index contributed by atoms with van der Waals surface area (Å²) < 4.78 is 10.2. The summed E-state index contributed by atoms with van der Waals surface area (Å²) in [6, 6.07) is 3.36. The smallest absolute Gasteiger partial charge is 0.337 e.